The Morgan fingerprint density at radius 1 is 1.20 bits per heavy atom. The van der Waals surface area contributed by atoms with Crippen LogP contribution in [0.1, 0.15) is 25.5 Å². The zero-order chi connectivity index (χ0) is 18.0. The van der Waals surface area contributed by atoms with Crippen LogP contribution in [0.5, 0.6) is 0 Å². The maximum absolute atomic E-state index is 12.7. The van der Waals surface area contributed by atoms with Crippen molar-refractivity contribution in [2.75, 3.05) is 4.72 Å². The molecule has 0 fully saturated rings. The Kier molecular flexibility index (Phi) is 5.17. The number of halogens is 2. The van der Waals surface area contributed by atoms with E-state index in [1.54, 1.807) is 18.3 Å². The van der Waals surface area contributed by atoms with E-state index >= 15 is 0 Å². The van der Waals surface area contributed by atoms with Gasteiger partial charge in [-0.2, -0.15) is 9.61 Å². The van der Waals surface area contributed by atoms with Crippen LogP contribution in [0.3, 0.4) is 0 Å². The molecule has 25 heavy (non-hydrogen) atoms. The number of anilines is 1. The van der Waals surface area contributed by atoms with E-state index in [-0.39, 0.29) is 14.9 Å². The molecule has 0 saturated carbocycles. The van der Waals surface area contributed by atoms with Crippen molar-refractivity contribution >= 4 is 44.7 Å². The lowest BCUT2D eigenvalue weighted by atomic mass is 10.2. The molecule has 1 aromatic carbocycles. The second-order valence-electron chi connectivity index (χ2n) is 5.52. The fourth-order valence-electron chi connectivity index (χ4n) is 2.40. The highest BCUT2D eigenvalue weighted by molar-refractivity contribution is 7.92. The molecule has 0 aliphatic rings. The molecule has 0 atom stereocenters. The van der Waals surface area contributed by atoms with E-state index in [2.05, 4.69) is 21.7 Å². The van der Waals surface area contributed by atoms with Crippen LogP contribution in [0.15, 0.2) is 41.4 Å². The van der Waals surface area contributed by atoms with Gasteiger partial charge in [0.25, 0.3) is 10.0 Å². The Hall–Kier alpha value is -1.83. The maximum Gasteiger partial charge on any atom is 0.264 e. The summed E-state index contributed by atoms with van der Waals surface area (Å²) in [5, 5.41) is 4.50. The van der Waals surface area contributed by atoms with Crippen molar-refractivity contribution in [2.24, 2.45) is 0 Å². The normalized spacial score (nSPS) is 11.8. The first-order valence-corrected chi connectivity index (χ1v) is 9.96. The van der Waals surface area contributed by atoms with Gasteiger partial charge in [-0.15, -0.1) is 0 Å². The lowest BCUT2D eigenvalue weighted by Gasteiger charge is -2.12. The average molecular weight is 399 g/mol. The molecule has 0 saturated heterocycles. The minimum Gasteiger partial charge on any atom is -0.263 e. The molecule has 0 aliphatic heterocycles. The van der Waals surface area contributed by atoms with Crippen LogP contribution in [0.25, 0.3) is 5.65 Å². The second kappa shape index (κ2) is 7.19. The Morgan fingerprint density at radius 3 is 2.76 bits per heavy atom. The van der Waals surface area contributed by atoms with Crippen molar-refractivity contribution in [3.8, 4) is 0 Å². The third-order valence-corrected chi connectivity index (χ3v) is 5.69. The minimum atomic E-state index is -3.93. The number of rotatable bonds is 6. The molecule has 9 heteroatoms. The summed E-state index contributed by atoms with van der Waals surface area (Å²) in [4.78, 5) is 4.40. The van der Waals surface area contributed by atoms with Gasteiger partial charge < -0.3 is 0 Å². The SMILES string of the molecule is CCCCc1cc(NS(=O)(=O)c2cc(Cl)ccc2Cl)n2nccc2n1. The Bertz CT molecular complexity index is 1020. The summed E-state index contributed by atoms with van der Waals surface area (Å²) in [7, 11) is -3.93. The molecule has 1 N–H and O–H groups in total. The summed E-state index contributed by atoms with van der Waals surface area (Å²) in [5.41, 5.74) is 1.37. The van der Waals surface area contributed by atoms with Crippen molar-refractivity contribution in [2.45, 2.75) is 31.1 Å². The van der Waals surface area contributed by atoms with E-state index in [1.807, 2.05) is 0 Å². The second-order valence-corrected chi connectivity index (χ2v) is 8.01. The number of aromatic nitrogens is 3. The molecule has 3 rings (SSSR count). The quantitative estimate of drug-likeness (QED) is 0.675. The Balaban J connectivity index is 2.04. The van der Waals surface area contributed by atoms with Gasteiger partial charge in [0.2, 0.25) is 0 Å². The molecule has 0 radical (unpaired) electrons. The fourth-order valence-corrected chi connectivity index (χ4v) is 4.20. The number of unbranched alkanes of at least 4 members (excludes halogenated alkanes) is 1. The molecule has 0 amide bonds. The third-order valence-electron chi connectivity index (χ3n) is 3.62. The molecule has 0 aliphatic carbocycles. The van der Waals surface area contributed by atoms with Crippen LogP contribution >= 0.6 is 23.2 Å². The lowest BCUT2D eigenvalue weighted by molar-refractivity contribution is 0.601. The number of sulfonamides is 1. The molecular formula is C16H16Cl2N4O2S. The molecule has 6 nitrogen and oxygen atoms in total. The van der Waals surface area contributed by atoms with Crippen LogP contribution in [0.2, 0.25) is 10.0 Å². The highest BCUT2D eigenvalue weighted by Gasteiger charge is 2.20. The van der Waals surface area contributed by atoms with E-state index in [1.165, 1.54) is 22.7 Å². The molecule has 3 aromatic rings. The summed E-state index contributed by atoms with van der Waals surface area (Å²) < 4.78 is 29.5. The minimum absolute atomic E-state index is 0.0890. The van der Waals surface area contributed by atoms with Crippen molar-refractivity contribution in [3.63, 3.8) is 0 Å². The van der Waals surface area contributed by atoms with Gasteiger partial charge in [-0.1, -0.05) is 36.5 Å². The van der Waals surface area contributed by atoms with Crippen molar-refractivity contribution < 1.29 is 8.42 Å². The Labute approximate surface area is 155 Å². The number of benzene rings is 1. The van der Waals surface area contributed by atoms with Gasteiger partial charge >= 0.3 is 0 Å². The van der Waals surface area contributed by atoms with Crippen LogP contribution in [-0.4, -0.2) is 23.0 Å². The van der Waals surface area contributed by atoms with Gasteiger partial charge in [0.1, 0.15) is 10.7 Å². The van der Waals surface area contributed by atoms with Gasteiger partial charge in [-0.05, 0) is 31.0 Å². The first-order chi connectivity index (χ1) is 11.9. The molecule has 0 bridgehead atoms. The van der Waals surface area contributed by atoms with Gasteiger partial charge in [0.15, 0.2) is 5.65 Å². The van der Waals surface area contributed by atoms with Crippen molar-refractivity contribution in [3.05, 3.63) is 52.3 Å². The van der Waals surface area contributed by atoms with Gasteiger partial charge in [-0.25, -0.2) is 13.4 Å². The van der Waals surface area contributed by atoms with Gasteiger partial charge in [0.05, 0.1) is 11.2 Å². The maximum atomic E-state index is 12.7. The lowest BCUT2D eigenvalue weighted by Crippen LogP contribution is -2.17. The molecule has 0 spiro atoms. The largest absolute Gasteiger partial charge is 0.264 e. The summed E-state index contributed by atoms with van der Waals surface area (Å²) in [6.45, 7) is 2.09. The average Bonchev–Trinajstić information content (AvgIpc) is 3.03. The molecular weight excluding hydrogens is 383 g/mol. The zero-order valence-corrected chi connectivity index (χ0v) is 15.7. The van der Waals surface area contributed by atoms with E-state index in [0.717, 1.165) is 25.0 Å². The zero-order valence-electron chi connectivity index (χ0n) is 13.4. The van der Waals surface area contributed by atoms with Crippen LogP contribution in [0.4, 0.5) is 5.82 Å². The summed E-state index contributed by atoms with van der Waals surface area (Å²) in [5.74, 6) is 0.303. The topological polar surface area (TPSA) is 76.4 Å². The van der Waals surface area contributed by atoms with Crippen LogP contribution in [0, 0.1) is 0 Å². The molecule has 2 heterocycles. The highest BCUT2D eigenvalue weighted by Crippen LogP contribution is 2.27. The van der Waals surface area contributed by atoms with Crippen molar-refractivity contribution in [1.82, 2.24) is 14.6 Å². The predicted octanol–water partition coefficient (Wildman–Crippen LogP) is 4.18. The molecule has 0 unspecified atom stereocenters. The molecule has 2 aromatic heterocycles. The summed E-state index contributed by atoms with van der Waals surface area (Å²) in [6, 6.07) is 7.70. The van der Waals surface area contributed by atoms with Crippen molar-refractivity contribution in [1.29, 1.82) is 0 Å². The number of aryl methyl sites for hydroxylation is 1. The fraction of sp³-hybridized carbons (Fsp3) is 0.250. The number of nitrogens with zero attached hydrogens (tertiary/aromatic N) is 3. The number of hydrogen-bond acceptors (Lipinski definition) is 4. The van der Waals surface area contributed by atoms with Gasteiger partial charge in [-0.3, -0.25) is 4.72 Å². The van der Waals surface area contributed by atoms with E-state index < -0.39 is 10.0 Å². The van der Waals surface area contributed by atoms with E-state index in [9.17, 15) is 8.42 Å². The first-order valence-electron chi connectivity index (χ1n) is 7.72. The number of hydrogen-bond donors (Lipinski definition) is 1. The third kappa shape index (κ3) is 3.89. The Morgan fingerprint density at radius 2 is 2.00 bits per heavy atom. The monoisotopic (exact) mass is 398 g/mol. The number of fused-ring (bicyclic) bond motifs is 1. The first kappa shape index (κ1) is 18.0. The highest BCUT2D eigenvalue weighted by atomic mass is 35.5. The summed E-state index contributed by atoms with van der Waals surface area (Å²) in [6.07, 6.45) is 4.30. The predicted molar refractivity (Wildman–Crippen MR) is 98.9 cm³/mol. The van der Waals surface area contributed by atoms with Crippen LogP contribution < -0.4 is 4.72 Å². The molecule has 132 valence electrons. The summed E-state index contributed by atoms with van der Waals surface area (Å²) >= 11 is 11.9. The van der Waals surface area contributed by atoms with E-state index in [0.29, 0.717) is 11.5 Å². The van der Waals surface area contributed by atoms with Gasteiger partial charge in [0, 0.05) is 22.8 Å². The smallest absolute Gasteiger partial charge is 0.263 e. The standard InChI is InChI=1S/C16H16Cl2N4O2S/c1-2-3-4-12-10-16(22-15(20-12)7-8-19-22)21-25(23,24)14-9-11(17)5-6-13(14)18/h5-10,21H,2-4H2,1H3. The van der Waals surface area contributed by atoms with E-state index in [4.69, 9.17) is 23.2 Å². The van der Waals surface area contributed by atoms with Crippen LogP contribution in [-0.2, 0) is 16.4 Å². The number of nitrogens with one attached hydrogen (secondary N) is 1.